The molecule has 1 heterocycles. The summed E-state index contributed by atoms with van der Waals surface area (Å²) in [5.41, 5.74) is 7.88. The lowest BCUT2D eigenvalue weighted by Crippen LogP contribution is -1.81. The third-order valence-electron chi connectivity index (χ3n) is 1.52. The zero-order chi connectivity index (χ0) is 7.84. The highest BCUT2D eigenvalue weighted by Crippen LogP contribution is 2.17. The van der Waals surface area contributed by atoms with Crippen LogP contribution in [0.1, 0.15) is 5.89 Å². The number of nitrogens with two attached hydrogens (primary N) is 1. The summed E-state index contributed by atoms with van der Waals surface area (Å²) in [6.45, 7) is 1.82. The summed E-state index contributed by atoms with van der Waals surface area (Å²) < 4.78 is 5.26. The first-order chi connectivity index (χ1) is 5.25. The summed E-state index contributed by atoms with van der Waals surface area (Å²) in [4.78, 5) is 4.13. The van der Waals surface area contributed by atoms with E-state index in [1.54, 1.807) is 12.1 Å². The van der Waals surface area contributed by atoms with Crippen LogP contribution in [0.4, 0.5) is 5.69 Å². The largest absolute Gasteiger partial charge is 0.441 e. The highest BCUT2D eigenvalue weighted by Gasteiger charge is 2.00. The molecular weight excluding hydrogens is 176 g/mol. The van der Waals surface area contributed by atoms with Crippen molar-refractivity contribution < 1.29 is 4.42 Å². The summed E-state index contributed by atoms with van der Waals surface area (Å²) in [5, 5.41) is 0. The third kappa shape index (κ3) is 1.36. The maximum Gasteiger partial charge on any atom is 0.192 e. The van der Waals surface area contributed by atoms with Crippen LogP contribution in [-0.2, 0) is 0 Å². The molecule has 0 radical (unpaired) electrons. The Morgan fingerprint density at radius 3 is 2.92 bits per heavy atom. The Balaban J connectivity index is 0.000000720. The Morgan fingerprint density at radius 2 is 2.17 bits per heavy atom. The Morgan fingerprint density at radius 1 is 1.42 bits per heavy atom. The zero-order valence-corrected chi connectivity index (χ0v) is 7.39. The number of rotatable bonds is 0. The zero-order valence-electron chi connectivity index (χ0n) is 6.57. The van der Waals surface area contributed by atoms with Crippen LogP contribution in [-0.4, -0.2) is 4.98 Å². The van der Waals surface area contributed by atoms with Gasteiger partial charge in [-0.2, -0.15) is 0 Å². The number of aryl methyl sites for hydroxylation is 1. The maximum atomic E-state index is 5.55. The van der Waals surface area contributed by atoms with Crippen LogP contribution in [0.2, 0.25) is 0 Å². The molecule has 12 heavy (non-hydrogen) atoms. The van der Waals surface area contributed by atoms with E-state index in [1.165, 1.54) is 0 Å². The van der Waals surface area contributed by atoms with Crippen molar-refractivity contribution in [3.8, 4) is 0 Å². The van der Waals surface area contributed by atoms with Crippen molar-refractivity contribution in [2.45, 2.75) is 6.92 Å². The van der Waals surface area contributed by atoms with E-state index in [0.717, 1.165) is 11.1 Å². The van der Waals surface area contributed by atoms with Gasteiger partial charge in [-0.1, -0.05) is 0 Å². The maximum absolute atomic E-state index is 5.55. The van der Waals surface area contributed by atoms with E-state index < -0.39 is 0 Å². The number of aromatic nitrogens is 1. The van der Waals surface area contributed by atoms with Gasteiger partial charge in [0.05, 0.1) is 0 Å². The lowest BCUT2D eigenvalue weighted by molar-refractivity contribution is 0.561. The number of hydrogen-bond donors (Lipinski definition) is 1. The van der Waals surface area contributed by atoms with Gasteiger partial charge < -0.3 is 10.2 Å². The predicted octanol–water partition coefficient (Wildman–Crippen LogP) is 2.14. The van der Waals surface area contributed by atoms with Crippen molar-refractivity contribution in [1.29, 1.82) is 0 Å². The first kappa shape index (κ1) is 8.87. The van der Waals surface area contributed by atoms with Crippen LogP contribution in [0.25, 0.3) is 11.1 Å². The highest BCUT2D eigenvalue weighted by molar-refractivity contribution is 5.85. The molecule has 0 saturated carbocycles. The molecule has 4 heteroatoms. The third-order valence-corrected chi connectivity index (χ3v) is 1.52. The normalized spacial score (nSPS) is 9.75. The molecule has 0 fully saturated rings. The molecule has 0 saturated heterocycles. The fourth-order valence-corrected chi connectivity index (χ4v) is 1.06. The molecule has 2 N–H and O–H groups in total. The highest BCUT2D eigenvalue weighted by atomic mass is 35.5. The van der Waals surface area contributed by atoms with Crippen molar-refractivity contribution in [2.75, 3.05) is 5.73 Å². The number of hydrogen-bond acceptors (Lipinski definition) is 3. The second kappa shape index (κ2) is 3.03. The van der Waals surface area contributed by atoms with Gasteiger partial charge in [0.25, 0.3) is 0 Å². The summed E-state index contributed by atoms with van der Waals surface area (Å²) in [6, 6.07) is 5.42. The quantitative estimate of drug-likeness (QED) is 0.639. The lowest BCUT2D eigenvalue weighted by atomic mass is 10.3. The standard InChI is InChI=1S/C8H8N2O.ClH/c1-5-10-7-4-6(9)2-3-8(7)11-5;/h2-4H,9H2,1H3;1H. The number of fused-ring (bicyclic) bond motifs is 1. The van der Waals surface area contributed by atoms with Gasteiger partial charge in [-0.3, -0.25) is 0 Å². The molecule has 0 spiro atoms. The second-order valence-electron chi connectivity index (χ2n) is 2.46. The number of halogens is 1. The summed E-state index contributed by atoms with van der Waals surface area (Å²) >= 11 is 0. The van der Waals surface area contributed by atoms with Crippen molar-refractivity contribution in [3.05, 3.63) is 24.1 Å². The molecule has 2 rings (SSSR count). The van der Waals surface area contributed by atoms with Crippen LogP contribution in [0.3, 0.4) is 0 Å². The summed E-state index contributed by atoms with van der Waals surface area (Å²) in [6.07, 6.45) is 0. The van der Waals surface area contributed by atoms with Crippen molar-refractivity contribution in [1.82, 2.24) is 4.98 Å². The molecule has 1 aromatic carbocycles. The second-order valence-corrected chi connectivity index (χ2v) is 2.46. The molecule has 0 bridgehead atoms. The van der Waals surface area contributed by atoms with Crippen LogP contribution < -0.4 is 5.73 Å². The van der Waals surface area contributed by atoms with Gasteiger partial charge in [0.1, 0.15) is 5.52 Å². The number of nitrogen functional groups attached to an aromatic ring is 1. The van der Waals surface area contributed by atoms with Crippen molar-refractivity contribution in [2.24, 2.45) is 0 Å². The van der Waals surface area contributed by atoms with Crippen LogP contribution in [0, 0.1) is 6.92 Å². The van der Waals surface area contributed by atoms with E-state index in [0.29, 0.717) is 11.6 Å². The van der Waals surface area contributed by atoms with Crippen LogP contribution in [0.5, 0.6) is 0 Å². The van der Waals surface area contributed by atoms with Gasteiger partial charge in [-0.15, -0.1) is 12.4 Å². The molecule has 0 aliphatic heterocycles. The molecule has 0 amide bonds. The number of oxazole rings is 1. The minimum atomic E-state index is 0. The van der Waals surface area contributed by atoms with Gasteiger partial charge in [0.15, 0.2) is 11.5 Å². The first-order valence-electron chi connectivity index (χ1n) is 3.38. The number of anilines is 1. The van der Waals surface area contributed by atoms with Gasteiger partial charge in [0, 0.05) is 12.6 Å². The molecule has 3 nitrogen and oxygen atoms in total. The van der Waals surface area contributed by atoms with E-state index in [1.807, 2.05) is 13.0 Å². The van der Waals surface area contributed by atoms with Crippen LogP contribution >= 0.6 is 12.4 Å². The molecule has 0 aliphatic carbocycles. The Kier molecular flexibility index (Phi) is 2.24. The predicted molar refractivity (Wildman–Crippen MR) is 50.4 cm³/mol. The minimum Gasteiger partial charge on any atom is -0.441 e. The Labute approximate surface area is 76.0 Å². The monoisotopic (exact) mass is 184 g/mol. The van der Waals surface area contributed by atoms with Gasteiger partial charge in [-0.25, -0.2) is 4.98 Å². The summed E-state index contributed by atoms with van der Waals surface area (Å²) in [7, 11) is 0. The molecule has 1 aromatic heterocycles. The fourth-order valence-electron chi connectivity index (χ4n) is 1.06. The molecule has 0 unspecified atom stereocenters. The van der Waals surface area contributed by atoms with Crippen molar-refractivity contribution in [3.63, 3.8) is 0 Å². The smallest absolute Gasteiger partial charge is 0.192 e. The average Bonchev–Trinajstić information content (AvgIpc) is 2.27. The van der Waals surface area contributed by atoms with Gasteiger partial charge >= 0.3 is 0 Å². The van der Waals surface area contributed by atoms with Crippen molar-refractivity contribution >= 4 is 29.2 Å². The minimum absolute atomic E-state index is 0. The molecule has 0 aliphatic rings. The molecule has 2 aromatic rings. The Hall–Kier alpha value is -1.22. The lowest BCUT2D eigenvalue weighted by Gasteiger charge is -1.88. The molecule has 0 atom stereocenters. The fraction of sp³-hybridized carbons (Fsp3) is 0.125. The van der Waals surface area contributed by atoms with E-state index in [9.17, 15) is 0 Å². The topological polar surface area (TPSA) is 52.0 Å². The number of benzene rings is 1. The van der Waals surface area contributed by atoms with Gasteiger partial charge in [0.2, 0.25) is 0 Å². The Bertz CT molecular complexity index is 397. The summed E-state index contributed by atoms with van der Waals surface area (Å²) in [5.74, 6) is 0.672. The van der Waals surface area contributed by atoms with Gasteiger partial charge in [-0.05, 0) is 18.2 Å². The van der Waals surface area contributed by atoms with E-state index in [-0.39, 0.29) is 12.4 Å². The first-order valence-corrected chi connectivity index (χ1v) is 3.38. The average molecular weight is 185 g/mol. The van der Waals surface area contributed by atoms with E-state index in [2.05, 4.69) is 4.98 Å². The SMILES string of the molecule is Cc1nc2cc(N)ccc2o1.Cl. The molecular formula is C8H9ClN2O. The van der Waals surface area contributed by atoms with Crippen LogP contribution in [0.15, 0.2) is 22.6 Å². The van der Waals surface area contributed by atoms with E-state index >= 15 is 0 Å². The number of nitrogens with zero attached hydrogens (tertiary/aromatic N) is 1. The molecule has 64 valence electrons. The van der Waals surface area contributed by atoms with E-state index in [4.69, 9.17) is 10.2 Å².